The van der Waals surface area contributed by atoms with Gasteiger partial charge in [0.25, 0.3) is 0 Å². The minimum absolute atomic E-state index is 0.117. The van der Waals surface area contributed by atoms with Crippen LogP contribution in [0.4, 0.5) is 0 Å². The Morgan fingerprint density at radius 2 is 2.12 bits per heavy atom. The predicted molar refractivity (Wildman–Crippen MR) is 67.1 cm³/mol. The number of hydrogen-bond donors (Lipinski definition) is 3. The number of nitrogens with zero attached hydrogens (tertiary/aromatic N) is 1. The molecule has 0 radical (unpaired) electrons. The molecule has 2 heterocycles. The fraction of sp³-hybridized carbons (Fsp3) is 0.667. The summed E-state index contributed by atoms with van der Waals surface area (Å²) in [4.78, 5) is 3.33. The average Bonchev–Trinajstić information content (AvgIpc) is 2.82. The third-order valence-electron chi connectivity index (χ3n) is 3.46. The summed E-state index contributed by atoms with van der Waals surface area (Å²) in [5.74, 6) is 0. The van der Waals surface area contributed by atoms with E-state index in [-0.39, 0.29) is 6.04 Å². The fourth-order valence-corrected chi connectivity index (χ4v) is 2.95. The van der Waals surface area contributed by atoms with Gasteiger partial charge in [0.05, 0.1) is 12.2 Å². The van der Waals surface area contributed by atoms with E-state index in [9.17, 15) is 15.3 Å². The van der Waals surface area contributed by atoms with E-state index >= 15 is 0 Å². The molecule has 0 saturated carbocycles. The lowest BCUT2D eigenvalue weighted by Gasteiger charge is -2.42. The molecule has 4 nitrogen and oxygen atoms in total. The molecule has 1 fully saturated rings. The lowest BCUT2D eigenvalue weighted by Crippen LogP contribution is -2.60. The van der Waals surface area contributed by atoms with Gasteiger partial charge in [-0.25, -0.2) is 0 Å². The van der Waals surface area contributed by atoms with Crippen LogP contribution in [-0.2, 0) is 6.42 Å². The van der Waals surface area contributed by atoms with Crippen LogP contribution < -0.4 is 0 Å². The van der Waals surface area contributed by atoms with Gasteiger partial charge >= 0.3 is 0 Å². The minimum atomic E-state index is -1.03. The van der Waals surface area contributed by atoms with Crippen LogP contribution in [0, 0.1) is 0 Å². The van der Waals surface area contributed by atoms with E-state index in [2.05, 4.69) is 6.07 Å². The highest BCUT2D eigenvalue weighted by Crippen LogP contribution is 2.19. The molecule has 0 amide bonds. The van der Waals surface area contributed by atoms with Gasteiger partial charge in [0.15, 0.2) is 0 Å². The van der Waals surface area contributed by atoms with Crippen molar-refractivity contribution in [3.8, 4) is 0 Å². The zero-order valence-corrected chi connectivity index (χ0v) is 10.7. The zero-order chi connectivity index (χ0) is 12.4. The van der Waals surface area contributed by atoms with Gasteiger partial charge in [-0.05, 0) is 24.8 Å². The predicted octanol–water partition coefficient (Wildman–Crippen LogP) is 0.0774. The number of aliphatic hydroxyl groups is 3. The zero-order valence-electron chi connectivity index (χ0n) is 9.86. The van der Waals surface area contributed by atoms with Crippen LogP contribution in [0.3, 0.4) is 0 Å². The Bertz CT molecular complexity index is 344. The fourth-order valence-electron chi connectivity index (χ4n) is 2.25. The molecule has 0 aromatic carbocycles. The first-order chi connectivity index (χ1) is 8.09. The molecular formula is C12H19NO3S. The number of hydrogen-bond acceptors (Lipinski definition) is 5. The molecule has 1 aromatic rings. The third kappa shape index (κ3) is 2.86. The maximum absolute atomic E-state index is 9.80. The molecule has 2 rings (SSSR count). The van der Waals surface area contributed by atoms with Gasteiger partial charge in [-0.2, -0.15) is 0 Å². The van der Waals surface area contributed by atoms with Crippen molar-refractivity contribution in [2.75, 3.05) is 13.1 Å². The van der Waals surface area contributed by atoms with Crippen molar-refractivity contribution in [2.45, 2.75) is 37.7 Å². The first kappa shape index (κ1) is 13.0. The SMILES string of the molecule is C[C@@H]1[C@@H](O)[C@H](O)[C@@H](O)CN1CCc1cccs1. The van der Waals surface area contributed by atoms with Gasteiger partial charge in [0, 0.05) is 24.0 Å². The Kier molecular flexibility index (Phi) is 4.17. The van der Waals surface area contributed by atoms with Crippen LogP contribution in [-0.4, -0.2) is 57.7 Å². The van der Waals surface area contributed by atoms with E-state index in [0.29, 0.717) is 6.54 Å². The minimum Gasteiger partial charge on any atom is -0.389 e. The third-order valence-corrected chi connectivity index (χ3v) is 4.40. The van der Waals surface area contributed by atoms with Crippen LogP contribution in [0.5, 0.6) is 0 Å². The summed E-state index contributed by atoms with van der Waals surface area (Å²) in [5, 5.41) is 31.0. The number of aliphatic hydroxyl groups excluding tert-OH is 3. The van der Waals surface area contributed by atoms with Crippen molar-refractivity contribution < 1.29 is 15.3 Å². The molecule has 0 spiro atoms. The number of thiophene rings is 1. The first-order valence-electron chi connectivity index (χ1n) is 5.90. The van der Waals surface area contributed by atoms with Crippen molar-refractivity contribution >= 4 is 11.3 Å². The Morgan fingerprint density at radius 1 is 1.35 bits per heavy atom. The van der Waals surface area contributed by atoms with Crippen LogP contribution in [0.2, 0.25) is 0 Å². The van der Waals surface area contributed by atoms with E-state index in [1.807, 2.05) is 23.3 Å². The largest absolute Gasteiger partial charge is 0.389 e. The van der Waals surface area contributed by atoms with Crippen molar-refractivity contribution in [3.63, 3.8) is 0 Å². The van der Waals surface area contributed by atoms with Crippen molar-refractivity contribution in [1.29, 1.82) is 0 Å². The molecule has 0 aliphatic carbocycles. The first-order valence-corrected chi connectivity index (χ1v) is 6.78. The monoisotopic (exact) mass is 257 g/mol. The van der Waals surface area contributed by atoms with Crippen LogP contribution in [0.15, 0.2) is 17.5 Å². The quantitative estimate of drug-likeness (QED) is 0.717. The molecule has 96 valence electrons. The van der Waals surface area contributed by atoms with Crippen LogP contribution in [0.1, 0.15) is 11.8 Å². The molecule has 3 N–H and O–H groups in total. The summed E-state index contributed by atoms with van der Waals surface area (Å²) in [6.07, 6.45) is -1.84. The molecule has 4 atom stereocenters. The van der Waals surface area contributed by atoms with Gasteiger partial charge in [-0.3, -0.25) is 4.90 Å². The van der Waals surface area contributed by atoms with Gasteiger partial charge < -0.3 is 15.3 Å². The number of β-amino-alcohol motifs (C(OH)–C–C–N with tert-alkyl or cyclic N) is 1. The lowest BCUT2D eigenvalue weighted by atomic mass is 9.95. The van der Waals surface area contributed by atoms with Crippen molar-refractivity contribution in [1.82, 2.24) is 4.90 Å². The maximum Gasteiger partial charge on any atom is 0.108 e. The van der Waals surface area contributed by atoms with E-state index in [1.165, 1.54) is 4.88 Å². The van der Waals surface area contributed by atoms with Crippen LogP contribution >= 0.6 is 11.3 Å². The smallest absolute Gasteiger partial charge is 0.108 e. The second-order valence-corrected chi connectivity index (χ2v) is 5.65. The average molecular weight is 257 g/mol. The Balaban J connectivity index is 1.92. The van der Waals surface area contributed by atoms with E-state index < -0.39 is 18.3 Å². The molecular weight excluding hydrogens is 238 g/mol. The molecule has 17 heavy (non-hydrogen) atoms. The maximum atomic E-state index is 9.80. The van der Waals surface area contributed by atoms with Gasteiger partial charge in [-0.15, -0.1) is 11.3 Å². The number of rotatable bonds is 3. The van der Waals surface area contributed by atoms with Crippen LogP contribution in [0.25, 0.3) is 0 Å². The summed E-state index contributed by atoms with van der Waals surface area (Å²) in [5.41, 5.74) is 0. The second-order valence-electron chi connectivity index (χ2n) is 4.61. The van der Waals surface area contributed by atoms with Gasteiger partial charge in [-0.1, -0.05) is 6.07 Å². The summed E-state index contributed by atoms with van der Waals surface area (Å²) < 4.78 is 0. The standard InChI is InChI=1S/C12H19NO3S/c1-8-11(15)12(16)10(14)7-13(8)5-4-9-3-2-6-17-9/h2-3,6,8,10-12,14-16H,4-5,7H2,1H3/t8-,10+,11-,12-/m1/s1. The normalized spacial score (nSPS) is 35.1. The molecule has 1 aliphatic rings. The highest BCUT2D eigenvalue weighted by atomic mass is 32.1. The molecule has 1 aliphatic heterocycles. The Labute approximate surface area is 105 Å². The molecule has 1 saturated heterocycles. The van der Waals surface area contributed by atoms with E-state index in [4.69, 9.17) is 0 Å². The van der Waals surface area contributed by atoms with Crippen molar-refractivity contribution in [2.24, 2.45) is 0 Å². The number of likely N-dealkylation sites (tertiary alicyclic amines) is 1. The molecule has 0 unspecified atom stereocenters. The summed E-state index contributed by atoms with van der Waals surface area (Å²) in [7, 11) is 0. The summed E-state index contributed by atoms with van der Waals surface area (Å²) >= 11 is 1.71. The Hall–Kier alpha value is -0.460. The molecule has 0 bridgehead atoms. The van der Waals surface area contributed by atoms with E-state index in [0.717, 1.165) is 13.0 Å². The van der Waals surface area contributed by atoms with Gasteiger partial charge in [0.1, 0.15) is 6.10 Å². The topological polar surface area (TPSA) is 63.9 Å². The second kappa shape index (κ2) is 5.46. The summed E-state index contributed by atoms with van der Waals surface area (Å²) in [6.45, 7) is 3.10. The van der Waals surface area contributed by atoms with Crippen molar-refractivity contribution in [3.05, 3.63) is 22.4 Å². The highest BCUT2D eigenvalue weighted by molar-refractivity contribution is 7.09. The summed E-state index contributed by atoms with van der Waals surface area (Å²) in [6, 6.07) is 3.99. The molecule has 5 heteroatoms. The highest BCUT2D eigenvalue weighted by Gasteiger charge is 2.38. The number of piperidine rings is 1. The van der Waals surface area contributed by atoms with Gasteiger partial charge in [0.2, 0.25) is 0 Å². The Morgan fingerprint density at radius 3 is 2.76 bits per heavy atom. The molecule has 1 aromatic heterocycles. The van der Waals surface area contributed by atoms with E-state index in [1.54, 1.807) is 11.3 Å². The lowest BCUT2D eigenvalue weighted by molar-refractivity contribution is -0.132.